The first kappa shape index (κ1) is 30.5. The maximum absolute atomic E-state index is 12.1. The van der Waals surface area contributed by atoms with E-state index in [4.69, 9.17) is 4.98 Å². The summed E-state index contributed by atoms with van der Waals surface area (Å²) >= 11 is 0. The number of allylic oxidation sites excluding steroid dienone is 2. The number of rotatable bonds is 5. The number of benzene rings is 3. The number of hydrogen-bond donors (Lipinski definition) is 1. The molecule has 3 aromatic carbocycles. The van der Waals surface area contributed by atoms with Crippen LogP contribution in [0.5, 0.6) is 0 Å². The summed E-state index contributed by atoms with van der Waals surface area (Å²) in [5.74, 6) is 0.821. The molecule has 0 spiro atoms. The summed E-state index contributed by atoms with van der Waals surface area (Å²) in [6, 6.07) is 24.3. The third-order valence-electron chi connectivity index (χ3n) is 7.81. The third kappa shape index (κ3) is 6.08. The normalized spacial score (nSPS) is 15.5. The summed E-state index contributed by atoms with van der Waals surface area (Å²) in [7, 11) is 0. The molecule has 1 unspecified atom stereocenters. The molecule has 0 fully saturated rings. The number of carbonyl (C=O) groups is 1. The third-order valence-corrected chi connectivity index (χ3v) is 7.81. The number of pyridine rings is 1. The second-order valence-corrected chi connectivity index (χ2v) is 10.1. The van der Waals surface area contributed by atoms with Crippen LogP contribution in [0, 0.1) is 17.9 Å². The number of aliphatic hydroxyl groups excluding tert-OH is 1. The van der Waals surface area contributed by atoms with Crippen molar-refractivity contribution in [2.45, 2.75) is 60.3 Å². The summed E-state index contributed by atoms with van der Waals surface area (Å²) in [6.45, 7) is 6.07. The van der Waals surface area contributed by atoms with Crippen LogP contribution in [0.3, 0.4) is 0 Å². The van der Waals surface area contributed by atoms with Crippen molar-refractivity contribution in [2.24, 2.45) is 11.8 Å². The summed E-state index contributed by atoms with van der Waals surface area (Å²) in [6.07, 6.45) is 8.90. The Kier molecular flexibility index (Phi) is 10.4. The monoisotopic (exact) mass is 697 g/mol. The molecule has 2 aliphatic carbocycles. The Morgan fingerprint density at radius 3 is 2.56 bits per heavy atom. The first-order valence-corrected chi connectivity index (χ1v) is 13.5. The minimum absolute atomic E-state index is 0. The number of Topliss-reactive ketones (excluding diaryl/α,β-unsaturated/α-hetero) is 1. The van der Waals surface area contributed by atoms with E-state index in [0.717, 1.165) is 48.9 Å². The summed E-state index contributed by atoms with van der Waals surface area (Å²) in [4.78, 5) is 17.0. The molecule has 205 valence electrons. The van der Waals surface area contributed by atoms with Gasteiger partial charge in [-0.15, -0.1) is 29.1 Å². The predicted octanol–water partition coefficient (Wildman–Crippen LogP) is 9.60. The van der Waals surface area contributed by atoms with E-state index in [1.807, 2.05) is 26.8 Å². The van der Waals surface area contributed by atoms with E-state index in [-0.39, 0.29) is 45.2 Å². The smallest absolute Gasteiger partial charge is 0.165 e. The standard InChI is InChI=1S/C21H12N.C13H22O2.CH4.Ir/c1-2-8-17-14(5-1)6-3-9-18(17)20-13-16-12-11-15-7-4-10-19(22-20)21(15)16;1-4-10(5-2)13(15)11-8-6-7-9(3)12(11)14;;/h1-8,10-13H;9-10,14H,4-8H2,1-3H3;1H4;/q-1;;;. The van der Waals surface area contributed by atoms with Gasteiger partial charge in [-0.1, -0.05) is 88.2 Å². The van der Waals surface area contributed by atoms with Gasteiger partial charge < -0.3 is 5.11 Å². The Hall–Kier alpha value is -3.07. The van der Waals surface area contributed by atoms with Gasteiger partial charge >= 0.3 is 0 Å². The van der Waals surface area contributed by atoms with Crippen LogP contribution in [0.2, 0.25) is 0 Å². The van der Waals surface area contributed by atoms with E-state index in [0.29, 0.717) is 11.3 Å². The minimum Gasteiger partial charge on any atom is -0.512 e. The van der Waals surface area contributed by atoms with Gasteiger partial charge in [0, 0.05) is 42.9 Å². The van der Waals surface area contributed by atoms with Gasteiger partial charge in [0.25, 0.3) is 0 Å². The zero-order valence-corrected chi connectivity index (χ0v) is 24.6. The van der Waals surface area contributed by atoms with Crippen molar-refractivity contribution in [3.63, 3.8) is 0 Å². The first-order valence-electron chi connectivity index (χ1n) is 13.5. The molecule has 1 N–H and O–H groups in total. The Morgan fingerprint density at radius 1 is 1.05 bits per heavy atom. The van der Waals surface area contributed by atoms with Gasteiger partial charge in [-0.2, -0.15) is 0 Å². The van der Waals surface area contributed by atoms with Crippen LogP contribution in [0.15, 0.2) is 72.0 Å². The van der Waals surface area contributed by atoms with Crippen molar-refractivity contribution in [3.8, 4) is 11.3 Å². The van der Waals surface area contributed by atoms with Gasteiger partial charge in [-0.25, -0.2) is 0 Å². The van der Waals surface area contributed by atoms with E-state index in [2.05, 4.69) is 72.8 Å². The zero-order chi connectivity index (χ0) is 25.9. The Morgan fingerprint density at radius 2 is 1.79 bits per heavy atom. The van der Waals surface area contributed by atoms with Crippen LogP contribution in [-0.4, -0.2) is 15.9 Å². The van der Waals surface area contributed by atoms with Crippen molar-refractivity contribution in [1.82, 2.24) is 4.98 Å². The number of carbonyl (C=O) groups excluding carboxylic acids is 1. The van der Waals surface area contributed by atoms with Crippen molar-refractivity contribution in [3.05, 3.63) is 89.2 Å². The average Bonchev–Trinajstić information content (AvgIpc) is 3.35. The molecule has 0 aliphatic heterocycles. The SMILES string of the molecule is C.CCC(CC)C(=O)C1=C(O)C(C)CCC1.[Ir].[c-]1ccc2ccccc2c1-c1cc2c3c(cccc3n1)C=C2. The van der Waals surface area contributed by atoms with Crippen LogP contribution in [0.25, 0.3) is 45.1 Å². The van der Waals surface area contributed by atoms with Crippen molar-refractivity contribution >= 4 is 39.6 Å². The van der Waals surface area contributed by atoms with Gasteiger partial charge in [-0.05, 0) is 55.0 Å². The maximum Gasteiger partial charge on any atom is 0.165 e. The second-order valence-electron chi connectivity index (χ2n) is 10.1. The van der Waals surface area contributed by atoms with E-state index < -0.39 is 0 Å². The molecule has 1 heterocycles. The number of nitrogens with zero attached hydrogens (tertiary/aromatic N) is 1. The van der Waals surface area contributed by atoms with Crippen LogP contribution in [0.1, 0.15) is 71.4 Å². The van der Waals surface area contributed by atoms with Gasteiger partial charge in [-0.3, -0.25) is 9.78 Å². The molecule has 3 nitrogen and oxygen atoms in total. The van der Waals surface area contributed by atoms with E-state index in [9.17, 15) is 9.90 Å². The number of hydrogen-bond acceptors (Lipinski definition) is 3. The van der Waals surface area contributed by atoms with E-state index in [1.165, 1.54) is 27.3 Å². The molecular weight excluding hydrogens is 659 g/mol. The molecule has 0 saturated carbocycles. The topological polar surface area (TPSA) is 50.2 Å². The fourth-order valence-corrected chi connectivity index (χ4v) is 5.60. The van der Waals surface area contributed by atoms with Gasteiger partial charge in [0.1, 0.15) is 5.76 Å². The van der Waals surface area contributed by atoms with Crippen LogP contribution in [0.4, 0.5) is 0 Å². The van der Waals surface area contributed by atoms with E-state index >= 15 is 0 Å². The summed E-state index contributed by atoms with van der Waals surface area (Å²) in [5.41, 5.74) is 6.33. The fraction of sp³-hybridized carbons (Fsp3) is 0.314. The molecule has 1 atom stereocenters. The van der Waals surface area contributed by atoms with Gasteiger partial charge in [0.05, 0.1) is 5.52 Å². The van der Waals surface area contributed by atoms with Crippen LogP contribution in [-0.2, 0) is 24.9 Å². The van der Waals surface area contributed by atoms with Crippen LogP contribution < -0.4 is 0 Å². The number of ketones is 1. The summed E-state index contributed by atoms with van der Waals surface area (Å²) < 4.78 is 0. The first-order chi connectivity index (χ1) is 18.0. The molecule has 39 heavy (non-hydrogen) atoms. The average molecular weight is 697 g/mol. The zero-order valence-electron chi connectivity index (χ0n) is 22.3. The maximum atomic E-state index is 12.1. The van der Waals surface area contributed by atoms with E-state index in [1.54, 1.807) is 0 Å². The second kappa shape index (κ2) is 13.3. The van der Waals surface area contributed by atoms with Crippen molar-refractivity contribution < 1.29 is 30.0 Å². The fourth-order valence-electron chi connectivity index (χ4n) is 5.60. The minimum atomic E-state index is 0. The Balaban J connectivity index is 0.000000221. The molecule has 0 bridgehead atoms. The summed E-state index contributed by atoms with van der Waals surface area (Å²) in [5, 5.41) is 13.6. The molecule has 0 amide bonds. The quantitative estimate of drug-likeness (QED) is 0.186. The van der Waals surface area contributed by atoms with Crippen LogP contribution >= 0.6 is 0 Å². The number of fused-ring (bicyclic) bond motifs is 1. The molecule has 1 aromatic heterocycles. The Bertz CT molecular complexity index is 1530. The van der Waals surface area contributed by atoms with Gasteiger partial charge in [0.2, 0.25) is 0 Å². The number of aliphatic hydroxyl groups is 1. The Labute approximate surface area is 246 Å². The molecule has 4 aromatic rings. The van der Waals surface area contributed by atoms with Crippen molar-refractivity contribution in [1.29, 1.82) is 0 Å². The molecule has 2 aliphatic rings. The number of aromatic nitrogens is 1. The molecule has 6 rings (SSSR count). The molecule has 1 radical (unpaired) electrons. The molecule has 0 saturated heterocycles. The van der Waals surface area contributed by atoms with Gasteiger partial charge in [0.15, 0.2) is 5.78 Å². The molecular formula is C35H38IrNO2-. The van der Waals surface area contributed by atoms with Crippen molar-refractivity contribution in [2.75, 3.05) is 0 Å². The predicted molar refractivity (Wildman–Crippen MR) is 161 cm³/mol. The largest absolute Gasteiger partial charge is 0.512 e. The molecule has 4 heteroatoms.